The van der Waals surface area contributed by atoms with Crippen molar-refractivity contribution in [1.29, 1.82) is 0 Å². The first-order chi connectivity index (χ1) is 4.61. The monoisotopic (exact) mass is 162 g/mol. The first kappa shape index (κ1) is 7.68. The van der Waals surface area contributed by atoms with Crippen LogP contribution in [0, 0.1) is 0 Å². The molecule has 2 unspecified atom stereocenters. The summed E-state index contributed by atoms with van der Waals surface area (Å²) in [6.07, 6.45) is 0.333. The average Bonchev–Trinajstić information content (AvgIpc) is 2.13. The molecule has 1 aliphatic heterocycles. The smallest absolute Gasteiger partial charge is 0.223 e. The molecule has 1 heterocycles. The molecule has 1 aliphatic rings. The Balaban J connectivity index is 2.57. The van der Waals surface area contributed by atoms with Crippen LogP contribution < -0.4 is 5.14 Å². The fourth-order valence-corrected chi connectivity index (χ4v) is 1.66. The zero-order chi connectivity index (χ0) is 7.72. The molecule has 0 aromatic heterocycles. The Bertz CT molecular complexity index is 182. The Morgan fingerprint density at radius 3 is 2.60 bits per heavy atom. The first-order valence-electron chi connectivity index (χ1n) is 3.00. The van der Waals surface area contributed by atoms with Crippen LogP contribution in [0.3, 0.4) is 0 Å². The minimum Gasteiger partial charge on any atom is -0.344 e. The summed E-state index contributed by atoms with van der Waals surface area (Å²) in [6.45, 7) is 0.530. The van der Waals surface area contributed by atoms with Crippen LogP contribution in [-0.4, -0.2) is 33.9 Å². The van der Waals surface area contributed by atoms with Gasteiger partial charge < -0.3 is 4.90 Å². The van der Waals surface area contributed by atoms with Crippen LogP contribution in [-0.2, 0) is 15.8 Å². The van der Waals surface area contributed by atoms with Crippen LogP contribution in [0.5, 0.6) is 0 Å². The van der Waals surface area contributed by atoms with E-state index in [1.807, 2.05) is 0 Å². The number of hydrogen-bond donors (Lipinski definition) is 1. The van der Waals surface area contributed by atoms with E-state index in [2.05, 4.69) is 0 Å². The van der Waals surface area contributed by atoms with Gasteiger partial charge in [-0.05, 0) is 0 Å². The van der Waals surface area contributed by atoms with Gasteiger partial charge in [0.25, 0.3) is 0 Å². The summed E-state index contributed by atoms with van der Waals surface area (Å²) in [6, 6.07) is 0. The van der Waals surface area contributed by atoms with Crippen LogP contribution in [0.15, 0.2) is 0 Å². The maximum absolute atomic E-state index is 10.8. The van der Waals surface area contributed by atoms with Crippen molar-refractivity contribution in [3.8, 4) is 0 Å². The van der Waals surface area contributed by atoms with Crippen LogP contribution in [0.1, 0.15) is 6.42 Å². The first-order valence-corrected chi connectivity index (χ1v) is 4.28. The molecule has 10 heavy (non-hydrogen) atoms. The van der Waals surface area contributed by atoms with Gasteiger partial charge in [-0.2, -0.15) is 0 Å². The quantitative estimate of drug-likeness (QED) is 0.528. The van der Waals surface area contributed by atoms with Gasteiger partial charge in [-0.3, -0.25) is 9.93 Å². The Morgan fingerprint density at radius 1 is 1.80 bits per heavy atom. The third kappa shape index (κ3) is 1.35. The molecule has 58 valence electrons. The van der Waals surface area contributed by atoms with Gasteiger partial charge in [-0.1, -0.05) is 0 Å². The third-order valence-electron chi connectivity index (χ3n) is 1.63. The molecule has 0 spiro atoms. The van der Waals surface area contributed by atoms with E-state index < -0.39 is 11.0 Å². The van der Waals surface area contributed by atoms with Gasteiger partial charge in [0.2, 0.25) is 5.91 Å². The maximum atomic E-state index is 10.8. The van der Waals surface area contributed by atoms with E-state index in [1.54, 1.807) is 11.9 Å². The maximum Gasteiger partial charge on any atom is 0.223 e. The fraction of sp³-hybridized carbons (Fsp3) is 0.800. The van der Waals surface area contributed by atoms with Crippen LogP contribution in [0.25, 0.3) is 0 Å². The van der Waals surface area contributed by atoms with Crippen LogP contribution >= 0.6 is 0 Å². The van der Waals surface area contributed by atoms with Crippen molar-refractivity contribution in [2.45, 2.75) is 11.7 Å². The summed E-state index contributed by atoms with van der Waals surface area (Å²) < 4.78 is 10.6. The van der Waals surface area contributed by atoms with Crippen molar-refractivity contribution in [2.24, 2.45) is 5.14 Å². The molecule has 2 atom stereocenters. The molecule has 1 amide bonds. The Kier molecular flexibility index (Phi) is 2.05. The lowest BCUT2D eigenvalue weighted by Gasteiger charge is -2.06. The van der Waals surface area contributed by atoms with Crippen molar-refractivity contribution in [3.05, 3.63) is 0 Å². The standard InChI is InChI=1S/C5H10N2O2S/c1-7-3-4(10(6)9)2-5(7)8/h4H,2-3,6H2,1H3. The molecule has 4 nitrogen and oxygen atoms in total. The number of nitrogens with two attached hydrogens (primary N) is 1. The predicted octanol–water partition coefficient (Wildman–Crippen LogP) is -1.16. The van der Waals surface area contributed by atoms with Gasteiger partial charge in [0, 0.05) is 20.0 Å². The molecular weight excluding hydrogens is 152 g/mol. The number of likely N-dealkylation sites (tertiary alicyclic amines) is 1. The van der Waals surface area contributed by atoms with Crippen molar-refractivity contribution < 1.29 is 9.00 Å². The predicted molar refractivity (Wildman–Crippen MR) is 38.4 cm³/mol. The van der Waals surface area contributed by atoms with Gasteiger partial charge in [0.1, 0.15) is 0 Å². The molecule has 0 radical (unpaired) electrons. The second-order valence-corrected chi connectivity index (χ2v) is 3.75. The van der Waals surface area contributed by atoms with Gasteiger partial charge in [-0.25, -0.2) is 4.21 Å². The second-order valence-electron chi connectivity index (χ2n) is 2.43. The minimum atomic E-state index is -1.34. The van der Waals surface area contributed by atoms with E-state index >= 15 is 0 Å². The lowest BCUT2D eigenvalue weighted by Crippen LogP contribution is -2.25. The number of carbonyl (C=O) groups excluding carboxylic acids is 1. The van der Waals surface area contributed by atoms with Crippen molar-refractivity contribution >= 4 is 16.9 Å². The van der Waals surface area contributed by atoms with Gasteiger partial charge in [-0.15, -0.1) is 0 Å². The molecule has 0 saturated carbocycles. The Morgan fingerprint density at radius 2 is 2.40 bits per heavy atom. The highest BCUT2D eigenvalue weighted by atomic mass is 32.2. The molecule has 1 rings (SSSR count). The summed E-state index contributed by atoms with van der Waals surface area (Å²) in [7, 11) is 0.345. The summed E-state index contributed by atoms with van der Waals surface area (Å²) in [5.41, 5.74) is 0. The fourth-order valence-electron chi connectivity index (χ4n) is 0.978. The van der Waals surface area contributed by atoms with Crippen molar-refractivity contribution in [3.63, 3.8) is 0 Å². The molecule has 5 heteroatoms. The lowest BCUT2D eigenvalue weighted by atomic mass is 10.4. The normalized spacial score (nSPS) is 29.2. The van der Waals surface area contributed by atoms with Gasteiger partial charge in [0.05, 0.1) is 16.2 Å². The molecule has 0 aromatic rings. The van der Waals surface area contributed by atoms with Crippen LogP contribution in [0.4, 0.5) is 0 Å². The van der Waals surface area contributed by atoms with E-state index in [0.717, 1.165) is 0 Å². The van der Waals surface area contributed by atoms with E-state index in [9.17, 15) is 9.00 Å². The van der Waals surface area contributed by atoms with E-state index in [4.69, 9.17) is 5.14 Å². The molecule has 1 fully saturated rings. The molecule has 0 aliphatic carbocycles. The van der Waals surface area contributed by atoms with E-state index in [0.29, 0.717) is 13.0 Å². The summed E-state index contributed by atoms with van der Waals surface area (Å²) in [5, 5.41) is 4.96. The van der Waals surface area contributed by atoms with Gasteiger partial charge in [0.15, 0.2) is 0 Å². The third-order valence-corrected chi connectivity index (χ3v) is 2.61. The molecule has 1 saturated heterocycles. The topological polar surface area (TPSA) is 63.4 Å². The molecule has 0 aromatic carbocycles. The number of carbonyl (C=O) groups is 1. The highest BCUT2D eigenvalue weighted by Gasteiger charge is 2.29. The van der Waals surface area contributed by atoms with Crippen molar-refractivity contribution in [2.75, 3.05) is 13.6 Å². The minimum absolute atomic E-state index is 0.0313. The van der Waals surface area contributed by atoms with Gasteiger partial charge >= 0.3 is 0 Å². The second kappa shape index (κ2) is 2.67. The number of rotatable bonds is 1. The highest BCUT2D eigenvalue weighted by molar-refractivity contribution is 7.83. The lowest BCUT2D eigenvalue weighted by molar-refractivity contribution is -0.126. The zero-order valence-electron chi connectivity index (χ0n) is 5.74. The largest absolute Gasteiger partial charge is 0.344 e. The van der Waals surface area contributed by atoms with E-state index in [-0.39, 0.29) is 11.2 Å². The summed E-state index contributed by atoms with van der Waals surface area (Å²) in [5.74, 6) is 0.0313. The Hall–Kier alpha value is -0.420. The van der Waals surface area contributed by atoms with Crippen molar-refractivity contribution in [1.82, 2.24) is 4.90 Å². The number of amides is 1. The van der Waals surface area contributed by atoms with E-state index in [1.165, 1.54) is 0 Å². The molecular formula is C5H10N2O2S. The highest BCUT2D eigenvalue weighted by Crippen LogP contribution is 2.11. The SMILES string of the molecule is CN1CC(S(N)=O)CC1=O. The van der Waals surface area contributed by atoms with Crippen LogP contribution in [0.2, 0.25) is 0 Å². The summed E-state index contributed by atoms with van der Waals surface area (Å²) in [4.78, 5) is 12.4. The number of nitrogens with zero attached hydrogens (tertiary/aromatic N) is 1. The summed E-state index contributed by atoms with van der Waals surface area (Å²) >= 11 is 0. The molecule has 0 bridgehead atoms. The average molecular weight is 162 g/mol. The zero-order valence-corrected chi connectivity index (χ0v) is 6.56. The number of hydrogen-bond acceptors (Lipinski definition) is 2. The Labute approximate surface area is 62.0 Å². The molecule has 2 N–H and O–H groups in total.